The Labute approximate surface area is 34.3 Å². The molecule has 0 unspecified atom stereocenters. The molecule has 5 heavy (non-hydrogen) atoms. The van der Waals surface area contributed by atoms with Gasteiger partial charge in [-0.1, -0.05) is 5.51 Å². The normalized spacial score (nSPS) is 6.60. The van der Waals surface area contributed by atoms with E-state index in [1.165, 1.54) is 7.05 Å². The first-order chi connectivity index (χ1) is 2.27. The molecular weight excluding hydrogens is 59.7 g/mol. The monoisotopic (exact) mass is 63.0 g/mol. The van der Waals surface area contributed by atoms with Crippen molar-refractivity contribution in [2.75, 3.05) is 7.05 Å². The van der Waals surface area contributed by atoms with Gasteiger partial charge >= 0.3 is 0 Å². The summed E-state index contributed by atoms with van der Waals surface area (Å²) in [5.74, 6) is 0. The number of hydrogen-bond acceptors (Lipinski definition) is 1. The van der Waals surface area contributed by atoms with Crippen LogP contribution >= 0.6 is 0 Å². The summed E-state index contributed by atoms with van der Waals surface area (Å²) < 4.78 is 0. The van der Waals surface area contributed by atoms with Crippen LogP contribution in [0.2, 0.25) is 0 Å². The van der Waals surface area contributed by atoms with Crippen molar-refractivity contribution in [3.8, 4) is 0 Å². The van der Waals surface area contributed by atoms with E-state index in [9.17, 15) is 0 Å². The van der Waals surface area contributed by atoms with Crippen molar-refractivity contribution in [2.24, 2.45) is 4.99 Å². The van der Waals surface area contributed by atoms with Gasteiger partial charge in [-0.25, -0.2) is 0 Å². The SMILES string of the molecule is [B]C([B])=NC. The van der Waals surface area contributed by atoms with E-state index in [-0.39, 0.29) is 5.51 Å². The maximum absolute atomic E-state index is 4.82. The van der Waals surface area contributed by atoms with E-state index in [2.05, 4.69) is 4.99 Å². The fraction of sp³-hybridized carbons (Fsp3) is 0.500. The third kappa shape index (κ3) is 3.80. The Bertz CT molecular complexity index is 45.6. The van der Waals surface area contributed by atoms with Gasteiger partial charge in [0.25, 0.3) is 0 Å². The Hall–Kier alpha value is -0.200. The largest absolute Gasteiger partial charge is 0.319 e. The molecule has 0 saturated carbocycles. The van der Waals surface area contributed by atoms with E-state index in [0.29, 0.717) is 0 Å². The highest BCUT2D eigenvalue weighted by Crippen LogP contribution is 1.49. The topological polar surface area (TPSA) is 12.4 Å². The van der Waals surface area contributed by atoms with Crippen LogP contribution < -0.4 is 0 Å². The van der Waals surface area contributed by atoms with Gasteiger partial charge in [-0.2, -0.15) is 0 Å². The van der Waals surface area contributed by atoms with Gasteiger partial charge in [-0.3, -0.25) is 0 Å². The minimum Gasteiger partial charge on any atom is -0.319 e. The van der Waals surface area contributed by atoms with Crippen LogP contribution in [0.3, 0.4) is 0 Å². The first-order valence-corrected chi connectivity index (χ1v) is 1.25. The molecule has 0 aliphatic carbocycles. The van der Waals surface area contributed by atoms with Crippen LogP contribution in [0.1, 0.15) is 0 Å². The predicted molar refractivity (Wildman–Crippen MR) is 24.9 cm³/mol. The average Bonchev–Trinajstić information content (AvgIpc) is 1.38. The lowest BCUT2D eigenvalue weighted by molar-refractivity contribution is 1.48. The van der Waals surface area contributed by atoms with E-state index < -0.39 is 0 Å². The van der Waals surface area contributed by atoms with Crippen molar-refractivity contribution < 1.29 is 0 Å². The van der Waals surface area contributed by atoms with Crippen LogP contribution in [-0.2, 0) is 0 Å². The lowest BCUT2D eigenvalue weighted by atomic mass is 9.83. The Kier molecular flexibility index (Phi) is 1.98. The van der Waals surface area contributed by atoms with E-state index >= 15 is 0 Å². The Morgan fingerprint density at radius 1 is 1.60 bits per heavy atom. The van der Waals surface area contributed by atoms with Crippen LogP contribution in [0, 0.1) is 0 Å². The summed E-state index contributed by atoms with van der Waals surface area (Å²) in [5.41, 5.74) is 0.130. The quantitative estimate of drug-likeness (QED) is 0.260. The molecule has 0 aromatic heterocycles. The lowest BCUT2D eigenvalue weighted by Gasteiger charge is -1.74. The minimum atomic E-state index is 0.130. The standard InChI is InChI=1S/C2H3B2N/c1-5-2(3)4/h1H3. The van der Waals surface area contributed by atoms with E-state index in [0.717, 1.165) is 0 Å². The van der Waals surface area contributed by atoms with Crippen molar-refractivity contribution in [3.05, 3.63) is 0 Å². The van der Waals surface area contributed by atoms with Crippen molar-refractivity contribution in [2.45, 2.75) is 0 Å². The summed E-state index contributed by atoms with van der Waals surface area (Å²) in [6.07, 6.45) is 0. The van der Waals surface area contributed by atoms with Crippen LogP contribution in [-0.4, -0.2) is 28.3 Å². The molecule has 0 aliphatic heterocycles. The van der Waals surface area contributed by atoms with Crippen molar-refractivity contribution in [1.82, 2.24) is 0 Å². The summed E-state index contributed by atoms with van der Waals surface area (Å²) in [5, 5.41) is 0. The molecule has 1 nitrogen and oxygen atoms in total. The van der Waals surface area contributed by atoms with Gasteiger partial charge in [0.2, 0.25) is 0 Å². The first kappa shape index (κ1) is 4.80. The summed E-state index contributed by atoms with van der Waals surface area (Å²) >= 11 is 0. The number of hydrogen-bond donors (Lipinski definition) is 0. The van der Waals surface area contributed by atoms with Gasteiger partial charge in [0.15, 0.2) is 0 Å². The smallest absolute Gasteiger partial charge is 0.118 e. The first-order valence-electron chi connectivity index (χ1n) is 1.25. The van der Waals surface area contributed by atoms with E-state index in [1.54, 1.807) is 0 Å². The fourth-order valence-electron chi connectivity index (χ4n) is 0. The maximum atomic E-state index is 4.82. The molecule has 0 amide bonds. The Morgan fingerprint density at radius 3 is 1.80 bits per heavy atom. The second kappa shape index (κ2) is 2.06. The molecule has 22 valence electrons. The highest BCUT2D eigenvalue weighted by Gasteiger charge is 1.62. The zero-order chi connectivity index (χ0) is 4.28. The molecule has 0 aromatic rings. The molecule has 4 radical (unpaired) electrons. The van der Waals surface area contributed by atoms with Gasteiger partial charge < -0.3 is 4.99 Å². The van der Waals surface area contributed by atoms with Gasteiger partial charge in [0, 0.05) is 7.05 Å². The molecule has 0 rings (SSSR count). The van der Waals surface area contributed by atoms with E-state index in [4.69, 9.17) is 15.7 Å². The van der Waals surface area contributed by atoms with Crippen LogP contribution in [0.25, 0.3) is 0 Å². The molecule has 0 aromatic carbocycles. The van der Waals surface area contributed by atoms with Gasteiger partial charge in [-0.15, -0.1) is 0 Å². The molecule has 0 spiro atoms. The van der Waals surface area contributed by atoms with Gasteiger partial charge in [0.1, 0.15) is 15.7 Å². The zero-order valence-corrected chi connectivity index (χ0v) is 3.10. The maximum Gasteiger partial charge on any atom is 0.118 e. The average molecular weight is 62.7 g/mol. The summed E-state index contributed by atoms with van der Waals surface area (Å²) in [6.45, 7) is 0. The second-order valence-corrected chi connectivity index (χ2v) is 0.648. The molecule has 3 heteroatoms. The van der Waals surface area contributed by atoms with E-state index in [1.807, 2.05) is 0 Å². The molecular formula is C2H3B2N. The summed E-state index contributed by atoms with van der Waals surface area (Å²) in [7, 11) is 11.2. The zero-order valence-electron chi connectivity index (χ0n) is 3.10. The van der Waals surface area contributed by atoms with Crippen molar-refractivity contribution in [3.63, 3.8) is 0 Å². The van der Waals surface area contributed by atoms with Gasteiger partial charge in [-0.05, 0) is 0 Å². The van der Waals surface area contributed by atoms with Crippen molar-refractivity contribution >= 4 is 21.2 Å². The number of aliphatic imine (C=N–C) groups is 1. The Balaban J connectivity index is 3.14. The molecule has 0 atom stereocenters. The highest BCUT2D eigenvalue weighted by atomic mass is 14.6. The van der Waals surface area contributed by atoms with Gasteiger partial charge in [0.05, 0.1) is 0 Å². The van der Waals surface area contributed by atoms with Crippen LogP contribution in [0.15, 0.2) is 4.99 Å². The fourth-order valence-corrected chi connectivity index (χ4v) is 0. The molecule has 0 aliphatic rings. The predicted octanol–water partition coefficient (Wildman–Crippen LogP) is -0.691. The highest BCUT2D eigenvalue weighted by molar-refractivity contribution is 6.89. The molecule has 0 fully saturated rings. The number of rotatable bonds is 0. The third-order valence-electron chi connectivity index (χ3n) is 0.258. The van der Waals surface area contributed by atoms with Crippen LogP contribution in [0.4, 0.5) is 0 Å². The molecule has 0 N–H and O–H groups in total. The lowest BCUT2D eigenvalue weighted by Crippen LogP contribution is -1.91. The number of nitrogens with zero attached hydrogens (tertiary/aromatic N) is 1. The Morgan fingerprint density at radius 2 is 1.80 bits per heavy atom. The summed E-state index contributed by atoms with van der Waals surface area (Å²) in [6, 6.07) is 0. The molecule has 0 bridgehead atoms. The second-order valence-electron chi connectivity index (χ2n) is 0.648. The molecule has 0 saturated heterocycles. The molecule has 0 heterocycles. The van der Waals surface area contributed by atoms with Crippen molar-refractivity contribution in [1.29, 1.82) is 0 Å². The minimum absolute atomic E-state index is 0.130. The summed E-state index contributed by atoms with van der Waals surface area (Å²) in [4.78, 5) is 3.36. The van der Waals surface area contributed by atoms with Crippen LogP contribution in [0.5, 0.6) is 0 Å². The third-order valence-corrected chi connectivity index (χ3v) is 0.258.